The fraction of sp³-hybridized carbons (Fsp3) is 0.346. The summed E-state index contributed by atoms with van der Waals surface area (Å²) in [6.07, 6.45) is 21.0. The van der Waals surface area contributed by atoms with Gasteiger partial charge in [-0.25, -0.2) is 34.6 Å². The first kappa shape index (κ1) is 69.4. The van der Waals surface area contributed by atoms with Crippen LogP contribution in [0.1, 0.15) is 99.5 Å². The van der Waals surface area contributed by atoms with Gasteiger partial charge in [-0.3, -0.25) is 9.97 Å². The molecular formula is C52H53ClK3N12O10PS4. The van der Waals surface area contributed by atoms with Crippen LogP contribution >= 0.6 is 66.4 Å². The van der Waals surface area contributed by atoms with E-state index >= 15 is 0 Å². The fourth-order valence-corrected chi connectivity index (χ4v) is 11.4. The molecule has 0 radical (unpaired) electrons. The first-order valence-corrected chi connectivity index (χ1v) is 46.9. The summed E-state index contributed by atoms with van der Waals surface area (Å²) >= 11 is 14.1. The van der Waals surface area contributed by atoms with Crippen molar-refractivity contribution in [1.82, 2.24) is 48.6 Å². The number of ether oxygens (including phenoxy) is 6. The number of aryl methyl sites for hydroxylation is 2. The second-order valence-electron chi connectivity index (χ2n) is 18.0. The molecule has 22 nitrogen and oxygen atoms in total. The van der Waals surface area contributed by atoms with Gasteiger partial charge in [-0.1, -0.05) is 60.1 Å². The maximum absolute atomic E-state index is 8.87. The minimum absolute atomic E-state index is 0. The Labute approximate surface area is 590 Å². The van der Waals surface area contributed by atoms with Gasteiger partial charge in [-0.15, -0.1) is 0 Å². The Morgan fingerprint density at radius 3 is 1.64 bits per heavy atom. The van der Waals surface area contributed by atoms with E-state index in [0.29, 0.717) is 69.1 Å². The SMILES string of the molecule is Cc1ncccc1Oc1cc(Sc2ccccn2)cnc1Cl.Cc1ncccc1Oc1cc(Sc2ccccn2)cnc1Nc1nc([C@H]2COC3(CCCCC3)O2)ns1.Nc1nc([C@H]2COC3(CCCCC3)O2)ns1.O=[P+]([O-])O[O-].[K+].[K][K]. The van der Waals surface area contributed by atoms with Gasteiger partial charge in [-0.05, 0) is 98.7 Å². The third kappa shape index (κ3) is 21.6. The molecule has 1 unspecified atom stereocenters. The van der Waals surface area contributed by atoms with Gasteiger partial charge in [0, 0.05) is 102 Å². The Morgan fingerprint density at radius 2 is 1.16 bits per heavy atom. The molecule has 3 N–H and O–H groups in total. The number of nitrogens with one attached hydrogen (secondary N) is 1. The molecule has 12 rings (SSSR count). The number of aromatic nitrogens is 10. The van der Waals surface area contributed by atoms with Crippen LogP contribution in [0.25, 0.3) is 0 Å². The molecule has 8 aromatic rings. The summed E-state index contributed by atoms with van der Waals surface area (Å²) < 4.78 is 56.3. The van der Waals surface area contributed by atoms with Crippen LogP contribution in [0.2, 0.25) is 5.15 Å². The van der Waals surface area contributed by atoms with Crippen molar-refractivity contribution >= 4 is 146 Å². The zero-order chi connectivity index (χ0) is 57.7. The molecule has 2 aliphatic carbocycles. The van der Waals surface area contributed by atoms with Crippen molar-refractivity contribution in [3.8, 4) is 23.0 Å². The van der Waals surface area contributed by atoms with Crippen molar-refractivity contribution in [1.29, 1.82) is 0 Å². The Morgan fingerprint density at radius 1 is 0.675 bits per heavy atom. The molecule has 2 aliphatic heterocycles. The summed E-state index contributed by atoms with van der Waals surface area (Å²) in [6.45, 7) is 4.81. The molecule has 3 atom stereocenters. The topological polar surface area (TPSA) is 295 Å². The molecule has 10 heterocycles. The van der Waals surface area contributed by atoms with Gasteiger partial charge in [-0.2, -0.15) is 8.75 Å². The van der Waals surface area contributed by atoms with Crippen molar-refractivity contribution < 1.29 is 99.2 Å². The van der Waals surface area contributed by atoms with Crippen molar-refractivity contribution in [2.24, 2.45) is 0 Å². The van der Waals surface area contributed by atoms with E-state index in [1.54, 1.807) is 37.2 Å². The quantitative estimate of drug-likeness (QED) is 0.0368. The number of nitrogen functional groups attached to an aromatic ring is 1. The van der Waals surface area contributed by atoms with E-state index in [1.807, 2.05) is 86.6 Å². The molecule has 83 heavy (non-hydrogen) atoms. The average Bonchev–Trinajstić information content (AvgIpc) is 4.52. The van der Waals surface area contributed by atoms with Gasteiger partial charge in [0.25, 0.3) is 0 Å². The summed E-state index contributed by atoms with van der Waals surface area (Å²) in [7, 11) is -3.15. The Hall–Kier alpha value is -1.06. The van der Waals surface area contributed by atoms with E-state index in [2.05, 4.69) is 58.6 Å². The second-order valence-corrected chi connectivity index (χ2v) is 22.7. The molecule has 0 aromatic carbocycles. The van der Waals surface area contributed by atoms with Crippen molar-refractivity contribution in [2.75, 3.05) is 24.3 Å². The van der Waals surface area contributed by atoms with Crippen molar-refractivity contribution in [3.05, 3.63) is 138 Å². The predicted octanol–water partition coefficient (Wildman–Crippen LogP) is 7.65. The summed E-state index contributed by atoms with van der Waals surface area (Å²) in [6, 6.07) is 22.7. The van der Waals surface area contributed by atoms with Gasteiger partial charge in [0.1, 0.15) is 33.8 Å². The Bertz CT molecular complexity index is 3300. The first-order valence-electron chi connectivity index (χ1n) is 26.2. The molecule has 2 spiro atoms. The number of anilines is 3. The number of halogens is 1. The molecule has 0 bridgehead atoms. The third-order valence-electron chi connectivity index (χ3n) is 12.4. The van der Waals surface area contributed by atoms with Crippen LogP contribution in [0, 0.1) is 13.8 Å². The maximum atomic E-state index is 8.87. The number of pyridine rings is 6. The summed E-state index contributed by atoms with van der Waals surface area (Å²) in [5.41, 5.74) is 7.14. The zero-order valence-electron chi connectivity index (χ0n) is 46.1. The molecular weight excluding hydrogens is 1260 g/mol. The van der Waals surface area contributed by atoms with Gasteiger partial charge in [0.15, 0.2) is 50.8 Å². The van der Waals surface area contributed by atoms with Gasteiger partial charge < -0.3 is 49.6 Å². The van der Waals surface area contributed by atoms with Crippen LogP contribution in [0.4, 0.5) is 16.1 Å². The van der Waals surface area contributed by atoms with Crippen LogP contribution < -0.4 is 82.1 Å². The van der Waals surface area contributed by atoms with Crippen LogP contribution in [-0.2, 0) is 28.2 Å². The number of hydrogen-bond donors (Lipinski definition) is 2. The summed E-state index contributed by atoms with van der Waals surface area (Å²) in [4.78, 5) is 45.5. The molecule has 8 aromatic heterocycles. The molecule has 2 saturated heterocycles. The summed E-state index contributed by atoms with van der Waals surface area (Å²) in [5, 5.41) is 15.0. The van der Waals surface area contributed by atoms with Crippen LogP contribution in [0.15, 0.2) is 130 Å². The number of nitrogens with two attached hydrogens (primary N) is 1. The number of rotatable bonds is 13. The molecule has 2 saturated carbocycles. The zero-order valence-corrected chi connectivity index (χ0v) is 60.4. The van der Waals surface area contributed by atoms with Gasteiger partial charge in [0.2, 0.25) is 5.13 Å². The van der Waals surface area contributed by atoms with E-state index in [-0.39, 0.29) is 69.4 Å². The molecule has 0 amide bonds. The van der Waals surface area contributed by atoms with Crippen molar-refractivity contribution in [2.45, 2.75) is 122 Å². The normalized spacial score (nSPS) is 17.4. The predicted molar refractivity (Wildman–Crippen MR) is 307 cm³/mol. The molecule has 31 heteroatoms. The van der Waals surface area contributed by atoms with E-state index in [1.165, 1.54) is 135 Å². The second kappa shape index (κ2) is 36.0. The third-order valence-corrected chi connectivity index (χ3v) is 15.8. The van der Waals surface area contributed by atoms with E-state index in [0.717, 1.165) is 69.8 Å². The molecule has 4 aliphatic rings. The standard InChI is InChI=1S/C26H26N6O3S2.C16H12ClN3OS.C10H15N3O2S.3K.HO4P/c1-17-19(8-7-13-27-17)34-20-14-18(36-22-9-3-6-12-28-22)15-29-23(20)30-25-31-24(32-37-25)21-16-33-26(35-21)10-4-2-5-11-26;1-11-13(5-4-8-18-11)21-14-9-12(10-20-16(14)17)22-15-6-2-3-7-19-15;11-9-12-8(13-16-9)7-6-14-10(15-7)4-2-1-3-5-10;;;;1-4-5(2)3/h3,6-9,12-15,21H,2,4-5,10-11,16H2,1H3,(H,29,30,31,32);2-10H,1H3;7H,1-6H2,(H2,11,12,13);;;;1H/q;;;;;+1;/p-1/t21-;;7-;;;;/m1.1..../s1. The Balaban J connectivity index is 0.000000182. The van der Waals surface area contributed by atoms with E-state index in [4.69, 9.17) is 60.5 Å². The first-order chi connectivity index (χ1) is 39.9. The van der Waals surface area contributed by atoms with Crippen LogP contribution in [0.3, 0.4) is 0 Å². The number of nitrogens with zero attached hydrogens (tertiary/aromatic N) is 10. The average molecular weight is 1320 g/mol. The van der Waals surface area contributed by atoms with Crippen LogP contribution in [-0.4, -0.2) is 137 Å². The Kier molecular flexibility index (Phi) is 30.1. The van der Waals surface area contributed by atoms with E-state index < -0.39 is 14.0 Å². The monoisotopic (exact) mass is 1320 g/mol. The molecule has 4 fully saturated rings. The van der Waals surface area contributed by atoms with Crippen molar-refractivity contribution in [3.63, 3.8) is 0 Å². The van der Waals surface area contributed by atoms with E-state index in [9.17, 15) is 0 Å². The van der Waals surface area contributed by atoms with Gasteiger partial charge >= 0.3 is 123 Å². The van der Waals surface area contributed by atoms with Gasteiger partial charge in [0.05, 0.1) is 24.6 Å². The summed E-state index contributed by atoms with van der Waals surface area (Å²) in [5.74, 6) is 3.37. The number of hydrogen-bond acceptors (Lipinski definition) is 26. The fourth-order valence-electron chi connectivity index (χ4n) is 8.60. The molecule has 420 valence electrons. The van der Waals surface area contributed by atoms with Crippen LogP contribution in [0.5, 0.6) is 23.0 Å². The minimum atomic E-state index is -3.15.